The lowest BCUT2D eigenvalue weighted by Crippen LogP contribution is -2.40. The van der Waals surface area contributed by atoms with Gasteiger partial charge in [-0.1, -0.05) is 15.9 Å². The first kappa shape index (κ1) is 21.0. The molecule has 0 saturated carbocycles. The molecule has 26 heavy (non-hydrogen) atoms. The number of hydrogen-bond acceptors (Lipinski definition) is 4. The fraction of sp³-hybridized carbons (Fsp3) is 0.632. The minimum absolute atomic E-state index is 0.551. The number of ether oxygens (including phenoxy) is 3. The molecule has 1 atom stereocenters. The second-order valence-electron chi connectivity index (χ2n) is 6.21. The Morgan fingerprint density at radius 3 is 2.81 bits per heavy atom. The summed E-state index contributed by atoms with van der Waals surface area (Å²) in [6.07, 6.45) is 1.13. The van der Waals surface area contributed by atoms with Crippen LogP contribution in [-0.4, -0.2) is 70.6 Å². The van der Waals surface area contributed by atoms with Gasteiger partial charge in [0.1, 0.15) is 12.4 Å². The van der Waals surface area contributed by atoms with E-state index in [9.17, 15) is 0 Å². The third-order valence-electron chi connectivity index (χ3n) is 4.14. The number of halogens is 1. The number of rotatable bonds is 10. The first-order chi connectivity index (χ1) is 12.7. The number of guanidine groups is 1. The van der Waals surface area contributed by atoms with Crippen LogP contribution in [0.15, 0.2) is 33.7 Å². The van der Waals surface area contributed by atoms with Crippen LogP contribution in [0.25, 0.3) is 0 Å². The van der Waals surface area contributed by atoms with Crippen molar-refractivity contribution in [2.24, 2.45) is 10.9 Å². The van der Waals surface area contributed by atoms with Gasteiger partial charge in [-0.3, -0.25) is 0 Å². The average Bonchev–Trinajstić information content (AvgIpc) is 3.12. The monoisotopic (exact) mass is 427 g/mol. The van der Waals surface area contributed by atoms with Gasteiger partial charge in [0, 0.05) is 37.1 Å². The normalized spacial score (nSPS) is 17.6. The number of likely N-dealkylation sites (tertiary alicyclic amines) is 1. The Morgan fingerprint density at radius 1 is 1.27 bits per heavy atom. The highest BCUT2D eigenvalue weighted by Crippen LogP contribution is 2.17. The zero-order chi connectivity index (χ0) is 18.6. The molecule has 1 heterocycles. The summed E-state index contributed by atoms with van der Waals surface area (Å²) in [4.78, 5) is 7.02. The molecule has 1 unspecified atom stereocenters. The molecule has 1 N–H and O–H groups in total. The van der Waals surface area contributed by atoms with Crippen molar-refractivity contribution in [3.05, 3.63) is 28.7 Å². The summed E-state index contributed by atoms with van der Waals surface area (Å²) in [6, 6.07) is 7.85. The molecule has 0 spiro atoms. The van der Waals surface area contributed by atoms with Crippen LogP contribution in [0.3, 0.4) is 0 Å². The Bertz CT molecular complexity index is 539. The minimum Gasteiger partial charge on any atom is -0.492 e. The van der Waals surface area contributed by atoms with Gasteiger partial charge in [-0.25, -0.2) is 4.99 Å². The second kappa shape index (κ2) is 12.1. The molecule has 1 fully saturated rings. The maximum atomic E-state index is 5.74. The number of nitrogens with zero attached hydrogens (tertiary/aromatic N) is 2. The molecule has 1 aliphatic heterocycles. The summed E-state index contributed by atoms with van der Waals surface area (Å²) in [6.45, 7) is 8.23. The summed E-state index contributed by atoms with van der Waals surface area (Å²) in [5.41, 5.74) is 0. The van der Waals surface area contributed by atoms with Gasteiger partial charge < -0.3 is 24.4 Å². The molecule has 1 aromatic rings. The number of aliphatic imine (C=N–C) groups is 1. The summed E-state index contributed by atoms with van der Waals surface area (Å²) >= 11 is 3.42. The predicted octanol–water partition coefficient (Wildman–Crippen LogP) is 2.78. The van der Waals surface area contributed by atoms with Crippen LogP contribution in [0.5, 0.6) is 5.75 Å². The smallest absolute Gasteiger partial charge is 0.194 e. The largest absolute Gasteiger partial charge is 0.492 e. The van der Waals surface area contributed by atoms with Crippen molar-refractivity contribution in [3.8, 4) is 5.75 Å². The van der Waals surface area contributed by atoms with Crippen molar-refractivity contribution in [3.63, 3.8) is 0 Å². The molecular formula is C19H30BrN3O3. The Kier molecular flexibility index (Phi) is 9.81. The Morgan fingerprint density at radius 2 is 2.08 bits per heavy atom. The van der Waals surface area contributed by atoms with Gasteiger partial charge >= 0.3 is 0 Å². The van der Waals surface area contributed by atoms with Gasteiger partial charge in [-0.05, 0) is 37.6 Å². The van der Waals surface area contributed by atoms with E-state index in [1.807, 2.05) is 24.3 Å². The second-order valence-corrected chi connectivity index (χ2v) is 7.12. The van der Waals surface area contributed by atoms with E-state index in [-0.39, 0.29) is 0 Å². The molecule has 1 saturated heterocycles. The molecule has 1 aliphatic rings. The van der Waals surface area contributed by atoms with Crippen molar-refractivity contribution in [2.75, 3.05) is 59.7 Å². The maximum absolute atomic E-state index is 5.74. The minimum atomic E-state index is 0.551. The van der Waals surface area contributed by atoms with Gasteiger partial charge in [0.2, 0.25) is 0 Å². The topological polar surface area (TPSA) is 55.3 Å². The molecule has 146 valence electrons. The molecule has 0 aliphatic carbocycles. The molecule has 0 radical (unpaired) electrons. The molecule has 7 heteroatoms. The van der Waals surface area contributed by atoms with Gasteiger partial charge in [-0.2, -0.15) is 0 Å². The molecule has 0 amide bonds. The van der Waals surface area contributed by atoms with Crippen molar-refractivity contribution in [2.45, 2.75) is 13.3 Å². The molecule has 0 aromatic heterocycles. The van der Waals surface area contributed by atoms with Crippen LogP contribution < -0.4 is 10.1 Å². The lowest BCUT2D eigenvalue weighted by Gasteiger charge is -2.21. The Labute approximate surface area is 165 Å². The highest BCUT2D eigenvalue weighted by atomic mass is 79.9. The predicted molar refractivity (Wildman–Crippen MR) is 108 cm³/mol. The van der Waals surface area contributed by atoms with Gasteiger partial charge in [0.25, 0.3) is 0 Å². The van der Waals surface area contributed by atoms with Gasteiger partial charge in [0.15, 0.2) is 5.96 Å². The summed E-state index contributed by atoms with van der Waals surface area (Å²) < 4.78 is 17.5. The van der Waals surface area contributed by atoms with E-state index in [1.54, 1.807) is 7.11 Å². The van der Waals surface area contributed by atoms with Crippen LogP contribution in [0.4, 0.5) is 0 Å². The summed E-state index contributed by atoms with van der Waals surface area (Å²) in [5, 5.41) is 3.38. The van der Waals surface area contributed by atoms with E-state index < -0.39 is 0 Å². The van der Waals surface area contributed by atoms with Crippen LogP contribution in [0.2, 0.25) is 0 Å². The summed E-state index contributed by atoms with van der Waals surface area (Å²) in [5.74, 6) is 2.38. The summed E-state index contributed by atoms with van der Waals surface area (Å²) in [7, 11) is 1.69. The molecular weight excluding hydrogens is 398 g/mol. The highest BCUT2D eigenvalue weighted by Gasteiger charge is 2.24. The zero-order valence-corrected chi connectivity index (χ0v) is 17.3. The van der Waals surface area contributed by atoms with Crippen molar-refractivity contribution in [1.29, 1.82) is 0 Å². The molecule has 2 rings (SSSR count). The van der Waals surface area contributed by atoms with Crippen LogP contribution >= 0.6 is 15.9 Å². The van der Waals surface area contributed by atoms with E-state index in [2.05, 4.69) is 33.1 Å². The van der Waals surface area contributed by atoms with Crippen molar-refractivity contribution < 1.29 is 14.2 Å². The van der Waals surface area contributed by atoms with E-state index in [4.69, 9.17) is 19.2 Å². The van der Waals surface area contributed by atoms with Crippen molar-refractivity contribution in [1.82, 2.24) is 10.2 Å². The van der Waals surface area contributed by atoms with Crippen LogP contribution in [0.1, 0.15) is 13.3 Å². The first-order valence-corrected chi connectivity index (χ1v) is 10.0. The number of methoxy groups -OCH3 is 1. The standard InChI is InChI=1S/C19H30BrN3O3/c1-3-21-19(22-9-11-26-18-6-4-17(20)5-7-18)23-10-8-16(14-23)15-25-13-12-24-2/h4-7,16H,3,8-15H2,1-2H3,(H,21,22). The fourth-order valence-corrected chi connectivity index (χ4v) is 3.09. The van der Waals surface area contributed by atoms with Gasteiger partial charge in [-0.15, -0.1) is 0 Å². The first-order valence-electron chi connectivity index (χ1n) is 9.21. The molecule has 0 bridgehead atoms. The SMILES string of the molecule is CCNC(=NCCOc1ccc(Br)cc1)N1CCC(COCCOC)C1. The maximum Gasteiger partial charge on any atom is 0.194 e. The molecule has 1 aromatic carbocycles. The highest BCUT2D eigenvalue weighted by molar-refractivity contribution is 9.10. The fourth-order valence-electron chi connectivity index (χ4n) is 2.83. The molecule has 6 nitrogen and oxygen atoms in total. The number of hydrogen-bond donors (Lipinski definition) is 1. The third-order valence-corrected chi connectivity index (χ3v) is 4.67. The van der Waals surface area contributed by atoms with E-state index in [1.165, 1.54) is 0 Å². The van der Waals surface area contributed by atoms with Gasteiger partial charge in [0.05, 0.1) is 26.4 Å². The third kappa shape index (κ3) is 7.51. The van der Waals surface area contributed by atoms with Crippen molar-refractivity contribution >= 4 is 21.9 Å². The zero-order valence-electron chi connectivity index (χ0n) is 15.7. The van der Waals surface area contributed by atoms with E-state index in [0.29, 0.717) is 32.3 Å². The number of benzene rings is 1. The van der Waals surface area contributed by atoms with E-state index in [0.717, 1.165) is 48.8 Å². The lowest BCUT2D eigenvalue weighted by molar-refractivity contribution is 0.0536. The van der Waals surface area contributed by atoms with Crippen LogP contribution in [0, 0.1) is 5.92 Å². The van der Waals surface area contributed by atoms with Crippen LogP contribution in [-0.2, 0) is 9.47 Å². The Balaban J connectivity index is 1.74. The Hall–Kier alpha value is -1.31. The number of nitrogens with one attached hydrogen (secondary N) is 1. The quantitative estimate of drug-likeness (QED) is 0.353. The average molecular weight is 428 g/mol. The van der Waals surface area contributed by atoms with E-state index >= 15 is 0 Å². The lowest BCUT2D eigenvalue weighted by atomic mass is 10.1.